The molecule has 1 aromatic carbocycles. The summed E-state index contributed by atoms with van der Waals surface area (Å²) in [5, 5.41) is 16.9. The molecule has 0 spiro atoms. The molecule has 0 fully saturated rings. The molecular formula is C12H13N3O2S. The van der Waals surface area contributed by atoms with Crippen molar-refractivity contribution in [2.75, 3.05) is 5.32 Å². The van der Waals surface area contributed by atoms with Gasteiger partial charge in [-0.25, -0.2) is 4.98 Å². The first-order valence-electron chi connectivity index (χ1n) is 5.45. The summed E-state index contributed by atoms with van der Waals surface area (Å²) in [4.78, 5) is 14.7. The highest BCUT2D eigenvalue weighted by Crippen LogP contribution is 2.21. The highest BCUT2D eigenvalue weighted by atomic mass is 32.1. The lowest BCUT2D eigenvalue weighted by atomic mass is 10.2. The minimum atomic E-state index is -0.384. The van der Waals surface area contributed by atoms with Gasteiger partial charge in [0.25, 0.3) is 5.69 Å². The third-order valence-electron chi connectivity index (χ3n) is 2.41. The van der Waals surface area contributed by atoms with Crippen LogP contribution >= 0.6 is 11.3 Å². The largest absolute Gasteiger partial charge is 0.379 e. The van der Waals surface area contributed by atoms with Crippen LogP contribution in [0.25, 0.3) is 0 Å². The van der Waals surface area contributed by atoms with Crippen molar-refractivity contribution in [3.63, 3.8) is 0 Å². The number of aromatic nitrogens is 1. The molecule has 0 aliphatic heterocycles. The van der Waals surface area contributed by atoms with E-state index in [2.05, 4.69) is 10.3 Å². The average Bonchev–Trinajstić information content (AvgIpc) is 2.72. The molecule has 1 aromatic heterocycles. The Balaban J connectivity index is 2.11. The van der Waals surface area contributed by atoms with Gasteiger partial charge in [0, 0.05) is 23.2 Å². The molecule has 0 atom stereocenters. The summed E-state index contributed by atoms with van der Waals surface area (Å²) in [7, 11) is 0. The van der Waals surface area contributed by atoms with E-state index in [0.717, 1.165) is 22.0 Å². The van der Waals surface area contributed by atoms with E-state index in [1.165, 1.54) is 6.07 Å². The Labute approximate surface area is 109 Å². The van der Waals surface area contributed by atoms with Gasteiger partial charge in [-0.05, 0) is 25.5 Å². The van der Waals surface area contributed by atoms with Crippen LogP contribution in [0.15, 0.2) is 23.6 Å². The third-order valence-corrected chi connectivity index (χ3v) is 3.24. The van der Waals surface area contributed by atoms with Crippen molar-refractivity contribution < 1.29 is 4.92 Å². The number of non-ortho nitro benzene ring substituents is 1. The van der Waals surface area contributed by atoms with Crippen molar-refractivity contribution in [3.8, 4) is 0 Å². The lowest BCUT2D eigenvalue weighted by Crippen LogP contribution is -2.01. The van der Waals surface area contributed by atoms with Crippen LogP contribution in [0.1, 0.15) is 16.3 Å². The Bertz CT molecular complexity index is 580. The molecule has 94 valence electrons. The molecule has 0 saturated carbocycles. The van der Waals surface area contributed by atoms with Crippen molar-refractivity contribution >= 4 is 22.7 Å². The van der Waals surface area contributed by atoms with Gasteiger partial charge in [-0.15, -0.1) is 11.3 Å². The fourth-order valence-corrected chi connectivity index (χ4v) is 2.26. The Kier molecular flexibility index (Phi) is 3.57. The minimum absolute atomic E-state index is 0.104. The van der Waals surface area contributed by atoms with Crippen molar-refractivity contribution in [1.29, 1.82) is 0 Å². The summed E-state index contributed by atoms with van der Waals surface area (Å²) in [5.41, 5.74) is 2.65. The number of hydrogen-bond acceptors (Lipinski definition) is 5. The first-order valence-corrected chi connectivity index (χ1v) is 6.33. The monoisotopic (exact) mass is 263 g/mol. The number of nitrogens with one attached hydrogen (secondary N) is 1. The van der Waals surface area contributed by atoms with Crippen LogP contribution in [0.4, 0.5) is 11.4 Å². The molecular weight excluding hydrogens is 250 g/mol. The van der Waals surface area contributed by atoms with Gasteiger partial charge in [-0.2, -0.15) is 0 Å². The van der Waals surface area contributed by atoms with Crippen molar-refractivity contribution in [2.24, 2.45) is 0 Å². The molecule has 0 radical (unpaired) electrons. The first-order chi connectivity index (χ1) is 8.54. The minimum Gasteiger partial charge on any atom is -0.379 e. The quantitative estimate of drug-likeness (QED) is 0.679. The van der Waals surface area contributed by atoms with E-state index in [-0.39, 0.29) is 10.6 Å². The molecule has 1 N–H and O–H groups in total. The van der Waals surface area contributed by atoms with Gasteiger partial charge in [-0.1, -0.05) is 0 Å². The van der Waals surface area contributed by atoms with Gasteiger partial charge in [0.1, 0.15) is 0 Å². The molecule has 6 heteroatoms. The predicted molar refractivity (Wildman–Crippen MR) is 72.0 cm³/mol. The summed E-state index contributed by atoms with van der Waals surface area (Å²) in [5.74, 6) is 0. The normalized spacial score (nSPS) is 10.3. The van der Waals surface area contributed by atoms with Gasteiger partial charge < -0.3 is 5.32 Å². The number of nitro groups is 1. The number of benzene rings is 1. The zero-order valence-corrected chi connectivity index (χ0v) is 11.0. The highest BCUT2D eigenvalue weighted by Gasteiger charge is 2.08. The highest BCUT2D eigenvalue weighted by molar-refractivity contribution is 7.09. The lowest BCUT2D eigenvalue weighted by Gasteiger charge is -2.05. The predicted octanol–water partition coefficient (Wildman–Crippen LogP) is 3.28. The Morgan fingerprint density at radius 1 is 1.39 bits per heavy atom. The second-order valence-electron chi connectivity index (χ2n) is 4.03. The summed E-state index contributed by atoms with van der Waals surface area (Å²) >= 11 is 1.59. The topological polar surface area (TPSA) is 68.1 Å². The van der Waals surface area contributed by atoms with Gasteiger partial charge in [0.2, 0.25) is 0 Å². The Hall–Kier alpha value is -1.95. The van der Waals surface area contributed by atoms with E-state index in [1.807, 2.05) is 25.3 Å². The molecule has 0 amide bonds. The molecule has 2 aromatic rings. The Morgan fingerprint density at radius 3 is 2.78 bits per heavy atom. The molecule has 2 rings (SSSR count). The zero-order chi connectivity index (χ0) is 13.1. The number of nitrogens with zero attached hydrogens (tertiary/aromatic N) is 2. The summed E-state index contributed by atoms with van der Waals surface area (Å²) in [6.07, 6.45) is 0. The number of rotatable bonds is 4. The molecule has 0 unspecified atom stereocenters. The SMILES string of the molecule is Cc1cc(NCc2csc(C)n2)cc([N+](=O)[O-])c1. The van der Waals surface area contributed by atoms with Crippen molar-refractivity contribution in [1.82, 2.24) is 4.98 Å². The molecule has 5 nitrogen and oxygen atoms in total. The molecule has 18 heavy (non-hydrogen) atoms. The number of thiazole rings is 1. The number of anilines is 1. The Morgan fingerprint density at radius 2 is 2.17 bits per heavy atom. The van der Waals surface area contributed by atoms with Crippen LogP contribution < -0.4 is 5.32 Å². The van der Waals surface area contributed by atoms with Crippen molar-refractivity contribution in [2.45, 2.75) is 20.4 Å². The second-order valence-corrected chi connectivity index (χ2v) is 5.09. The van der Waals surface area contributed by atoms with Crippen LogP contribution in [0.3, 0.4) is 0 Å². The summed E-state index contributed by atoms with van der Waals surface area (Å²) in [6.45, 7) is 4.36. The fraction of sp³-hybridized carbons (Fsp3) is 0.250. The van der Waals surface area contributed by atoms with Crippen LogP contribution in [-0.2, 0) is 6.54 Å². The van der Waals surface area contributed by atoms with E-state index in [1.54, 1.807) is 17.4 Å². The van der Waals surface area contributed by atoms with Gasteiger partial charge in [0.15, 0.2) is 0 Å². The van der Waals surface area contributed by atoms with Crippen LogP contribution in [0.2, 0.25) is 0 Å². The second kappa shape index (κ2) is 5.14. The van der Waals surface area contributed by atoms with E-state index >= 15 is 0 Å². The molecule has 0 bridgehead atoms. The lowest BCUT2D eigenvalue weighted by molar-refractivity contribution is -0.384. The third kappa shape index (κ3) is 3.04. The zero-order valence-electron chi connectivity index (χ0n) is 10.1. The van der Waals surface area contributed by atoms with Crippen LogP contribution in [0, 0.1) is 24.0 Å². The van der Waals surface area contributed by atoms with Crippen LogP contribution in [-0.4, -0.2) is 9.91 Å². The molecule has 1 heterocycles. The summed E-state index contributed by atoms with van der Waals surface area (Å²) < 4.78 is 0. The van der Waals surface area contributed by atoms with Gasteiger partial charge >= 0.3 is 0 Å². The maximum Gasteiger partial charge on any atom is 0.271 e. The number of nitro benzene ring substituents is 1. The van der Waals surface area contributed by atoms with E-state index in [0.29, 0.717) is 6.54 Å². The van der Waals surface area contributed by atoms with Gasteiger partial charge in [0.05, 0.1) is 22.2 Å². The molecule has 0 aliphatic rings. The molecule has 0 saturated heterocycles. The fourth-order valence-electron chi connectivity index (χ4n) is 1.65. The standard InChI is InChI=1S/C12H13N3O2S/c1-8-3-10(5-12(4-8)15(16)17)13-6-11-7-18-9(2)14-11/h3-5,7,13H,6H2,1-2H3. The first kappa shape index (κ1) is 12.5. The summed E-state index contributed by atoms with van der Waals surface area (Å²) in [6, 6.07) is 4.97. The van der Waals surface area contributed by atoms with Crippen molar-refractivity contribution in [3.05, 3.63) is 50.0 Å². The van der Waals surface area contributed by atoms with Gasteiger partial charge in [-0.3, -0.25) is 10.1 Å². The average molecular weight is 263 g/mol. The maximum atomic E-state index is 10.8. The van der Waals surface area contributed by atoms with E-state index in [9.17, 15) is 10.1 Å². The smallest absolute Gasteiger partial charge is 0.271 e. The van der Waals surface area contributed by atoms with E-state index in [4.69, 9.17) is 0 Å². The molecule has 0 aliphatic carbocycles. The number of aryl methyl sites for hydroxylation is 2. The van der Waals surface area contributed by atoms with Crippen LogP contribution in [0.5, 0.6) is 0 Å². The van der Waals surface area contributed by atoms with E-state index < -0.39 is 0 Å². The number of hydrogen-bond donors (Lipinski definition) is 1. The maximum absolute atomic E-state index is 10.8.